The smallest absolute Gasteiger partial charge is 0.303 e. The van der Waals surface area contributed by atoms with E-state index in [-0.39, 0.29) is 6.42 Å². The molecule has 14 heavy (non-hydrogen) atoms. The van der Waals surface area contributed by atoms with Gasteiger partial charge in [-0.3, -0.25) is 4.79 Å². The fraction of sp³-hybridized carbons (Fsp3) is 0.900. The summed E-state index contributed by atoms with van der Waals surface area (Å²) in [5.41, 5.74) is 0. The minimum Gasteiger partial charge on any atom is -0.481 e. The van der Waals surface area contributed by atoms with Crippen LogP contribution in [-0.4, -0.2) is 20.7 Å². The van der Waals surface area contributed by atoms with E-state index in [9.17, 15) is 4.79 Å². The van der Waals surface area contributed by atoms with Crippen LogP contribution in [0.1, 0.15) is 45.4 Å². The summed E-state index contributed by atoms with van der Waals surface area (Å²) in [5.74, 6) is -0.704. The van der Waals surface area contributed by atoms with Crippen LogP contribution in [0.2, 0.25) is 0 Å². The maximum atomic E-state index is 10.3. The summed E-state index contributed by atoms with van der Waals surface area (Å²) in [7, 11) is 0. The molecular weight excluding hydrogens is 312 g/mol. The van der Waals surface area contributed by atoms with Gasteiger partial charge in [-0.05, 0) is 19.3 Å². The molecular formula is C10H18Br2O2. The highest BCUT2D eigenvalue weighted by Gasteiger charge is 2.15. The molecule has 0 saturated heterocycles. The summed E-state index contributed by atoms with van der Waals surface area (Å²) in [6.45, 7) is 2.17. The standard InChI is InChI=1S/C10H18Br2O2/c1-2-3-5-8(11)9(12)6-4-7-10(13)14/h8-9H,2-7H2,1H3,(H,13,14). The fourth-order valence-electron chi connectivity index (χ4n) is 1.21. The molecule has 0 spiro atoms. The lowest BCUT2D eigenvalue weighted by Gasteiger charge is -2.15. The zero-order chi connectivity index (χ0) is 11.0. The first kappa shape index (κ1) is 14.4. The van der Waals surface area contributed by atoms with E-state index in [2.05, 4.69) is 38.8 Å². The molecule has 2 nitrogen and oxygen atoms in total. The molecule has 84 valence electrons. The average molecular weight is 330 g/mol. The van der Waals surface area contributed by atoms with Gasteiger partial charge in [0.05, 0.1) is 0 Å². The number of unbranched alkanes of at least 4 members (excludes halogenated alkanes) is 1. The highest BCUT2D eigenvalue weighted by atomic mass is 79.9. The summed E-state index contributed by atoms with van der Waals surface area (Å²) in [4.78, 5) is 11.2. The Labute approximate surface area is 103 Å². The molecule has 0 aliphatic heterocycles. The van der Waals surface area contributed by atoms with Crippen molar-refractivity contribution in [2.24, 2.45) is 0 Å². The highest BCUT2D eigenvalue weighted by Crippen LogP contribution is 2.24. The number of halogens is 2. The van der Waals surface area contributed by atoms with Crippen molar-refractivity contribution in [3.63, 3.8) is 0 Å². The molecule has 0 rings (SSSR count). The van der Waals surface area contributed by atoms with Crippen molar-refractivity contribution in [3.05, 3.63) is 0 Å². The lowest BCUT2D eigenvalue weighted by atomic mass is 10.1. The average Bonchev–Trinajstić information content (AvgIpc) is 2.13. The van der Waals surface area contributed by atoms with Gasteiger partial charge in [-0.2, -0.15) is 0 Å². The Kier molecular flexibility index (Phi) is 8.98. The summed E-state index contributed by atoms with van der Waals surface area (Å²) in [6.07, 6.45) is 5.52. The third-order valence-corrected chi connectivity index (χ3v) is 5.00. The van der Waals surface area contributed by atoms with Crippen LogP contribution in [-0.2, 0) is 4.79 Å². The number of carboxylic acid groups (broad SMARTS) is 1. The van der Waals surface area contributed by atoms with Gasteiger partial charge in [0, 0.05) is 16.1 Å². The van der Waals surface area contributed by atoms with Crippen molar-refractivity contribution in [1.29, 1.82) is 0 Å². The van der Waals surface area contributed by atoms with Crippen LogP contribution in [0.3, 0.4) is 0 Å². The van der Waals surface area contributed by atoms with Crippen molar-refractivity contribution in [2.45, 2.75) is 55.1 Å². The van der Waals surface area contributed by atoms with Gasteiger partial charge in [0.25, 0.3) is 0 Å². The minimum atomic E-state index is -0.704. The molecule has 0 radical (unpaired) electrons. The van der Waals surface area contributed by atoms with E-state index in [4.69, 9.17) is 5.11 Å². The highest BCUT2D eigenvalue weighted by molar-refractivity contribution is 9.12. The van der Waals surface area contributed by atoms with Gasteiger partial charge >= 0.3 is 5.97 Å². The van der Waals surface area contributed by atoms with E-state index >= 15 is 0 Å². The third-order valence-electron chi connectivity index (χ3n) is 2.10. The summed E-state index contributed by atoms with van der Waals surface area (Å²) in [5, 5.41) is 8.48. The summed E-state index contributed by atoms with van der Waals surface area (Å²) >= 11 is 7.20. The second-order valence-corrected chi connectivity index (χ2v) is 5.81. The molecule has 0 aromatic rings. The largest absolute Gasteiger partial charge is 0.481 e. The van der Waals surface area contributed by atoms with Crippen LogP contribution < -0.4 is 0 Å². The monoisotopic (exact) mass is 328 g/mol. The number of hydrogen-bond acceptors (Lipinski definition) is 1. The van der Waals surface area contributed by atoms with Gasteiger partial charge < -0.3 is 5.11 Å². The molecule has 0 aromatic heterocycles. The quantitative estimate of drug-likeness (QED) is 0.684. The van der Waals surface area contributed by atoms with Gasteiger partial charge in [-0.25, -0.2) is 0 Å². The number of hydrogen-bond donors (Lipinski definition) is 1. The molecule has 0 aromatic carbocycles. The zero-order valence-corrected chi connectivity index (χ0v) is 11.7. The second-order valence-electron chi connectivity index (χ2n) is 3.46. The van der Waals surface area contributed by atoms with E-state index in [0.29, 0.717) is 9.65 Å². The predicted molar refractivity (Wildman–Crippen MR) is 66.4 cm³/mol. The van der Waals surface area contributed by atoms with Crippen LogP contribution >= 0.6 is 31.9 Å². The number of carboxylic acids is 1. The van der Waals surface area contributed by atoms with E-state index in [1.54, 1.807) is 0 Å². The Balaban J connectivity index is 3.50. The Morgan fingerprint density at radius 3 is 2.14 bits per heavy atom. The maximum absolute atomic E-state index is 10.3. The first-order valence-corrected chi connectivity index (χ1v) is 6.91. The number of carbonyl (C=O) groups is 1. The molecule has 2 unspecified atom stereocenters. The Hall–Kier alpha value is 0.430. The molecule has 1 N–H and O–H groups in total. The zero-order valence-electron chi connectivity index (χ0n) is 8.51. The predicted octanol–water partition coefficient (Wildman–Crippen LogP) is 3.96. The van der Waals surface area contributed by atoms with Gasteiger partial charge in [-0.15, -0.1) is 0 Å². The molecule has 2 atom stereocenters. The van der Waals surface area contributed by atoms with Gasteiger partial charge in [0.2, 0.25) is 0 Å². The number of aliphatic carboxylic acids is 1. The normalized spacial score (nSPS) is 15.1. The first-order valence-electron chi connectivity index (χ1n) is 5.07. The minimum absolute atomic E-state index is 0.273. The second kappa shape index (κ2) is 8.72. The molecule has 0 fully saturated rings. The van der Waals surface area contributed by atoms with Crippen LogP contribution in [0.4, 0.5) is 0 Å². The molecule has 0 saturated carbocycles. The SMILES string of the molecule is CCCCC(Br)C(Br)CCCC(=O)O. The van der Waals surface area contributed by atoms with E-state index in [0.717, 1.165) is 19.3 Å². The van der Waals surface area contributed by atoms with Crippen LogP contribution in [0, 0.1) is 0 Å². The molecule has 0 aliphatic carbocycles. The maximum Gasteiger partial charge on any atom is 0.303 e. The third kappa shape index (κ3) is 7.80. The lowest BCUT2D eigenvalue weighted by molar-refractivity contribution is -0.137. The molecule has 0 aliphatic rings. The van der Waals surface area contributed by atoms with E-state index < -0.39 is 5.97 Å². The van der Waals surface area contributed by atoms with Crippen molar-refractivity contribution >= 4 is 37.8 Å². The molecule has 0 bridgehead atoms. The van der Waals surface area contributed by atoms with Crippen molar-refractivity contribution in [1.82, 2.24) is 0 Å². The Morgan fingerprint density at radius 2 is 1.71 bits per heavy atom. The van der Waals surface area contributed by atoms with Crippen molar-refractivity contribution in [2.75, 3.05) is 0 Å². The fourth-order valence-corrected chi connectivity index (χ4v) is 2.39. The Bertz CT molecular complexity index is 162. The summed E-state index contributed by atoms with van der Waals surface area (Å²) < 4.78 is 0. The lowest BCUT2D eigenvalue weighted by Crippen LogP contribution is -2.14. The summed E-state index contributed by atoms with van der Waals surface area (Å²) in [6, 6.07) is 0. The van der Waals surface area contributed by atoms with E-state index in [1.807, 2.05) is 0 Å². The van der Waals surface area contributed by atoms with Gasteiger partial charge in [-0.1, -0.05) is 51.6 Å². The number of rotatable bonds is 8. The van der Waals surface area contributed by atoms with Crippen LogP contribution in [0.25, 0.3) is 0 Å². The Morgan fingerprint density at radius 1 is 1.21 bits per heavy atom. The molecule has 0 amide bonds. The number of alkyl halides is 2. The first-order chi connectivity index (χ1) is 6.57. The molecule has 4 heteroatoms. The van der Waals surface area contributed by atoms with Crippen LogP contribution in [0.15, 0.2) is 0 Å². The van der Waals surface area contributed by atoms with E-state index in [1.165, 1.54) is 12.8 Å². The van der Waals surface area contributed by atoms with Crippen LogP contribution in [0.5, 0.6) is 0 Å². The van der Waals surface area contributed by atoms with Gasteiger partial charge in [0.15, 0.2) is 0 Å². The van der Waals surface area contributed by atoms with Crippen molar-refractivity contribution in [3.8, 4) is 0 Å². The topological polar surface area (TPSA) is 37.3 Å². The van der Waals surface area contributed by atoms with Crippen molar-refractivity contribution < 1.29 is 9.90 Å². The van der Waals surface area contributed by atoms with Gasteiger partial charge in [0.1, 0.15) is 0 Å². The molecule has 0 heterocycles.